The molecule has 146 valence electrons. The number of hydrazine groups is 1. The van der Waals surface area contributed by atoms with Crippen LogP contribution >= 0.6 is 0 Å². The van der Waals surface area contributed by atoms with E-state index in [-0.39, 0.29) is 17.9 Å². The molecule has 0 radical (unpaired) electrons. The van der Waals surface area contributed by atoms with Crippen LogP contribution in [-0.2, 0) is 30.0 Å². The first-order chi connectivity index (χ1) is 12.8. The molecule has 1 aliphatic rings. The van der Waals surface area contributed by atoms with Crippen LogP contribution in [-0.4, -0.2) is 51.3 Å². The minimum absolute atomic E-state index is 0.0795. The van der Waals surface area contributed by atoms with Crippen LogP contribution in [0.25, 0.3) is 11.0 Å². The molecule has 0 unspecified atom stereocenters. The fourth-order valence-electron chi connectivity index (χ4n) is 3.46. The molecule has 2 aromatic rings. The summed E-state index contributed by atoms with van der Waals surface area (Å²) in [7, 11) is 3.06. The van der Waals surface area contributed by atoms with Gasteiger partial charge in [-0.2, -0.15) is 0 Å². The molecule has 0 spiro atoms. The first kappa shape index (κ1) is 19.2. The summed E-state index contributed by atoms with van der Waals surface area (Å²) in [6.07, 6.45) is 0.765. The third-order valence-electron chi connectivity index (χ3n) is 5.07. The molecule has 9 nitrogen and oxygen atoms in total. The number of hydrogen-bond donors (Lipinski definition) is 1. The summed E-state index contributed by atoms with van der Waals surface area (Å²) < 4.78 is 7.73. The lowest BCUT2D eigenvalue weighted by atomic mass is 10.00. The number of amides is 1. The van der Waals surface area contributed by atoms with E-state index >= 15 is 0 Å². The molecule has 0 saturated carbocycles. The van der Waals surface area contributed by atoms with Crippen LogP contribution < -0.4 is 16.7 Å². The second-order valence-electron chi connectivity index (χ2n) is 6.84. The Morgan fingerprint density at radius 1 is 1.15 bits per heavy atom. The highest BCUT2D eigenvalue weighted by Gasteiger charge is 2.18. The highest BCUT2D eigenvalue weighted by atomic mass is 16.5. The number of pyridine rings is 1. The van der Waals surface area contributed by atoms with E-state index in [2.05, 4.69) is 10.4 Å². The van der Waals surface area contributed by atoms with E-state index in [1.807, 2.05) is 18.9 Å². The Kier molecular flexibility index (Phi) is 5.43. The predicted molar refractivity (Wildman–Crippen MR) is 101 cm³/mol. The number of ether oxygens (including phenoxy) is 1. The van der Waals surface area contributed by atoms with Gasteiger partial charge in [-0.1, -0.05) is 0 Å². The maximum atomic E-state index is 12.6. The van der Waals surface area contributed by atoms with Gasteiger partial charge in [0.15, 0.2) is 0 Å². The van der Waals surface area contributed by atoms with Crippen LogP contribution in [0.5, 0.6) is 0 Å². The van der Waals surface area contributed by atoms with Crippen molar-refractivity contribution in [3.8, 4) is 0 Å². The number of carbonyl (C=O) groups is 1. The molecule has 3 rings (SSSR count). The van der Waals surface area contributed by atoms with Crippen molar-refractivity contribution in [3.05, 3.63) is 37.7 Å². The Labute approximate surface area is 156 Å². The molecule has 0 bridgehead atoms. The molecule has 1 fully saturated rings. The summed E-state index contributed by atoms with van der Waals surface area (Å²) in [6, 6.07) is 0. The molecule has 1 saturated heterocycles. The number of nitrogens with zero attached hydrogens (tertiary/aromatic N) is 4. The van der Waals surface area contributed by atoms with Crippen molar-refractivity contribution in [2.45, 2.75) is 26.7 Å². The smallest absolute Gasteiger partial charge is 0.332 e. The van der Waals surface area contributed by atoms with Crippen molar-refractivity contribution >= 4 is 16.9 Å². The standard InChI is InChI=1S/C18H25N5O4/c1-11-13(5-6-14(24)20-23-7-9-27-10-8-23)12(2)19-16-15(11)17(25)22(4)18(26)21(16)3/h5-10H2,1-4H3,(H,20,24). The van der Waals surface area contributed by atoms with Gasteiger partial charge in [0.05, 0.1) is 18.6 Å². The molecule has 0 atom stereocenters. The summed E-state index contributed by atoms with van der Waals surface area (Å²) >= 11 is 0. The Bertz CT molecular complexity index is 1000. The molecule has 3 heterocycles. The quantitative estimate of drug-likeness (QED) is 0.777. The average molecular weight is 375 g/mol. The third-order valence-corrected chi connectivity index (χ3v) is 5.07. The number of aryl methyl sites for hydroxylation is 3. The molecule has 2 aromatic heterocycles. The second-order valence-corrected chi connectivity index (χ2v) is 6.84. The maximum absolute atomic E-state index is 12.6. The van der Waals surface area contributed by atoms with E-state index in [9.17, 15) is 14.4 Å². The van der Waals surface area contributed by atoms with Gasteiger partial charge in [0.1, 0.15) is 5.65 Å². The molecule has 1 N–H and O–H groups in total. The van der Waals surface area contributed by atoms with Gasteiger partial charge in [-0.15, -0.1) is 0 Å². The first-order valence-corrected chi connectivity index (χ1v) is 8.99. The highest BCUT2D eigenvalue weighted by molar-refractivity contribution is 5.80. The fourth-order valence-corrected chi connectivity index (χ4v) is 3.46. The Hall–Kier alpha value is -2.52. The minimum Gasteiger partial charge on any atom is -0.379 e. The van der Waals surface area contributed by atoms with Gasteiger partial charge in [-0.3, -0.25) is 24.1 Å². The van der Waals surface area contributed by atoms with E-state index in [0.717, 1.165) is 21.4 Å². The number of nitrogens with one attached hydrogen (secondary N) is 1. The van der Waals surface area contributed by atoms with Crippen LogP contribution in [0.1, 0.15) is 23.2 Å². The van der Waals surface area contributed by atoms with E-state index in [4.69, 9.17) is 4.74 Å². The monoisotopic (exact) mass is 375 g/mol. The van der Waals surface area contributed by atoms with Crippen molar-refractivity contribution in [2.24, 2.45) is 14.1 Å². The molecule has 9 heteroatoms. The van der Waals surface area contributed by atoms with Crippen LogP contribution in [0.4, 0.5) is 0 Å². The zero-order valence-corrected chi connectivity index (χ0v) is 16.2. The van der Waals surface area contributed by atoms with Crippen LogP contribution in [0, 0.1) is 13.8 Å². The number of aromatic nitrogens is 3. The zero-order chi connectivity index (χ0) is 19.7. The molecule has 1 aliphatic heterocycles. The van der Waals surface area contributed by atoms with Gasteiger partial charge in [0.25, 0.3) is 5.56 Å². The van der Waals surface area contributed by atoms with Gasteiger partial charge in [-0.25, -0.2) is 14.8 Å². The van der Waals surface area contributed by atoms with E-state index in [1.165, 1.54) is 11.6 Å². The van der Waals surface area contributed by atoms with Crippen LogP contribution in [0.3, 0.4) is 0 Å². The molecule has 1 amide bonds. The van der Waals surface area contributed by atoms with Crippen LogP contribution in [0.15, 0.2) is 9.59 Å². The summed E-state index contributed by atoms with van der Waals surface area (Å²) in [5.41, 5.74) is 4.86. The summed E-state index contributed by atoms with van der Waals surface area (Å²) in [6.45, 7) is 6.24. The van der Waals surface area contributed by atoms with Crippen molar-refractivity contribution < 1.29 is 9.53 Å². The lowest BCUT2D eigenvalue weighted by molar-refractivity contribution is -0.127. The first-order valence-electron chi connectivity index (χ1n) is 8.99. The summed E-state index contributed by atoms with van der Waals surface area (Å²) in [4.78, 5) is 41.5. The molecular formula is C18H25N5O4. The normalized spacial score (nSPS) is 15.3. The predicted octanol–water partition coefficient (Wildman–Crippen LogP) is -0.455. The van der Waals surface area contributed by atoms with Crippen molar-refractivity contribution in [3.63, 3.8) is 0 Å². The maximum Gasteiger partial charge on any atom is 0.332 e. The molecular weight excluding hydrogens is 350 g/mol. The Balaban J connectivity index is 1.88. The Morgan fingerprint density at radius 2 is 1.81 bits per heavy atom. The number of morpholine rings is 1. The third kappa shape index (κ3) is 3.65. The number of hydrogen-bond acceptors (Lipinski definition) is 6. The van der Waals surface area contributed by atoms with E-state index < -0.39 is 5.69 Å². The topological polar surface area (TPSA) is 98.5 Å². The minimum atomic E-state index is -0.406. The van der Waals surface area contributed by atoms with Crippen molar-refractivity contribution in [2.75, 3.05) is 26.3 Å². The number of rotatable bonds is 4. The lowest BCUT2D eigenvalue weighted by Gasteiger charge is -2.27. The van der Waals surface area contributed by atoms with E-state index in [0.29, 0.717) is 43.8 Å². The highest BCUT2D eigenvalue weighted by Crippen LogP contribution is 2.20. The zero-order valence-electron chi connectivity index (χ0n) is 16.2. The van der Waals surface area contributed by atoms with Crippen molar-refractivity contribution in [1.82, 2.24) is 24.6 Å². The largest absolute Gasteiger partial charge is 0.379 e. The fraction of sp³-hybridized carbons (Fsp3) is 0.556. The van der Waals surface area contributed by atoms with Crippen molar-refractivity contribution in [1.29, 1.82) is 0 Å². The van der Waals surface area contributed by atoms with Gasteiger partial charge < -0.3 is 4.74 Å². The molecule has 0 aliphatic carbocycles. The second kappa shape index (κ2) is 7.61. The van der Waals surface area contributed by atoms with Crippen LogP contribution in [0.2, 0.25) is 0 Å². The molecule has 0 aromatic carbocycles. The Morgan fingerprint density at radius 3 is 2.48 bits per heavy atom. The summed E-state index contributed by atoms with van der Waals surface area (Å²) in [5, 5.41) is 2.28. The van der Waals surface area contributed by atoms with Gasteiger partial charge >= 0.3 is 5.69 Å². The number of carbonyl (C=O) groups excluding carboxylic acids is 1. The lowest BCUT2D eigenvalue weighted by Crippen LogP contribution is -2.48. The SMILES string of the molecule is Cc1nc2c(c(C)c1CCC(=O)NN1CCOCC1)c(=O)n(C)c(=O)n2C. The van der Waals surface area contributed by atoms with Gasteiger partial charge in [-0.05, 0) is 31.4 Å². The average Bonchev–Trinajstić information content (AvgIpc) is 2.64. The number of fused-ring (bicyclic) bond motifs is 1. The van der Waals surface area contributed by atoms with Gasteiger partial charge in [0.2, 0.25) is 5.91 Å². The molecule has 27 heavy (non-hydrogen) atoms. The summed E-state index contributed by atoms with van der Waals surface area (Å²) in [5.74, 6) is -0.0795. The van der Waals surface area contributed by atoms with E-state index in [1.54, 1.807) is 7.05 Å². The van der Waals surface area contributed by atoms with Gasteiger partial charge in [0, 0.05) is 39.3 Å².